The molecule has 0 unspecified atom stereocenters. The topological polar surface area (TPSA) is 92.4 Å². The SMILES string of the molecule is O=S(=O)(NCc1ccon1)c1cccc(C#CCCO)c1. The van der Waals surface area contributed by atoms with Gasteiger partial charge in [0.05, 0.1) is 23.7 Å². The molecule has 0 bridgehead atoms. The molecule has 0 aliphatic heterocycles. The summed E-state index contributed by atoms with van der Waals surface area (Å²) < 4.78 is 31.4. The van der Waals surface area contributed by atoms with E-state index in [1.54, 1.807) is 18.2 Å². The van der Waals surface area contributed by atoms with Gasteiger partial charge >= 0.3 is 0 Å². The molecular weight excluding hydrogens is 292 g/mol. The average Bonchev–Trinajstić information content (AvgIpc) is 2.99. The molecule has 0 amide bonds. The third kappa shape index (κ3) is 4.43. The van der Waals surface area contributed by atoms with Crippen molar-refractivity contribution in [3.8, 4) is 11.8 Å². The molecule has 0 aliphatic rings. The standard InChI is InChI=1S/C14H14N2O4S/c17-8-2-1-4-12-5-3-6-14(10-12)21(18,19)15-11-13-7-9-20-16-13/h3,5-7,9-10,15,17H,2,8,11H2. The summed E-state index contributed by atoms with van der Waals surface area (Å²) in [6.45, 7) is 0.0312. The first kappa shape index (κ1) is 15.3. The van der Waals surface area contributed by atoms with Gasteiger partial charge in [0, 0.05) is 18.1 Å². The van der Waals surface area contributed by atoms with Crippen molar-refractivity contribution in [1.82, 2.24) is 9.88 Å². The molecule has 110 valence electrons. The average molecular weight is 306 g/mol. The summed E-state index contributed by atoms with van der Waals surface area (Å²) in [7, 11) is -3.64. The number of nitrogens with zero attached hydrogens (tertiary/aromatic N) is 1. The summed E-state index contributed by atoms with van der Waals surface area (Å²) in [5, 5.41) is 12.3. The molecule has 2 N–H and O–H groups in total. The monoisotopic (exact) mass is 306 g/mol. The number of aliphatic hydroxyl groups excluding tert-OH is 1. The van der Waals surface area contributed by atoms with E-state index in [9.17, 15) is 8.42 Å². The van der Waals surface area contributed by atoms with E-state index >= 15 is 0 Å². The molecule has 0 fully saturated rings. The highest BCUT2D eigenvalue weighted by Crippen LogP contribution is 2.11. The molecule has 1 aromatic carbocycles. The minimum Gasteiger partial charge on any atom is -0.395 e. The number of aliphatic hydroxyl groups is 1. The molecule has 0 spiro atoms. The highest BCUT2D eigenvalue weighted by Gasteiger charge is 2.14. The Morgan fingerprint density at radius 2 is 2.19 bits per heavy atom. The lowest BCUT2D eigenvalue weighted by atomic mass is 10.2. The molecule has 0 radical (unpaired) electrons. The fourth-order valence-electron chi connectivity index (χ4n) is 1.54. The number of nitrogens with one attached hydrogen (secondary N) is 1. The summed E-state index contributed by atoms with van der Waals surface area (Å²) >= 11 is 0. The first-order chi connectivity index (χ1) is 10.1. The Morgan fingerprint density at radius 3 is 2.90 bits per heavy atom. The van der Waals surface area contributed by atoms with Crippen molar-refractivity contribution in [1.29, 1.82) is 0 Å². The Balaban J connectivity index is 2.12. The highest BCUT2D eigenvalue weighted by molar-refractivity contribution is 7.89. The van der Waals surface area contributed by atoms with Gasteiger partial charge in [-0.05, 0) is 18.2 Å². The third-order valence-electron chi connectivity index (χ3n) is 2.55. The van der Waals surface area contributed by atoms with Gasteiger partial charge in [-0.2, -0.15) is 0 Å². The highest BCUT2D eigenvalue weighted by atomic mass is 32.2. The minimum absolute atomic E-state index is 0.0236. The van der Waals surface area contributed by atoms with Crippen LogP contribution < -0.4 is 4.72 Å². The second kappa shape index (κ2) is 7.04. The normalized spacial score (nSPS) is 10.9. The van der Waals surface area contributed by atoms with E-state index in [0.717, 1.165) is 0 Å². The summed E-state index contributed by atoms with van der Waals surface area (Å²) in [6.07, 6.45) is 1.72. The predicted molar refractivity (Wildman–Crippen MR) is 75.6 cm³/mol. The molecule has 6 nitrogen and oxygen atoms in total. The van der Waals surface area contributed by atoms with Gasteiger partial charge in [0.2, 0.25) is 10.0 Å². The van der Waals surface area contributed by atoms with Crippen LogP contribution in [0.2, 0.25) is 0 Å². The van der Waals surface area contributed by atoms with Crippen LogP contribution in [-0.4, -0.2) is 25.3 Å². The largest absolute Gasteiger partial charge is 0.395 e. The third-order valence-corrected chi connectivity index (χ3v) is 3.95. The zero-order valence-corrected chi connectivity index (χ0v) is 11.9. The second-order valence-corrected chi connectivity index (χ2v) is 5.89. The molecule has 0 saturated carbocycles. The molecule has 2 aromatic rings. The molecule has 0 saturated heterocycles. The molecule has 1 aromatic heterocycles. The zero-order chi connectivity index (χ0) is 15.1. The summed E-state index contributed by atoms with van der Waals surface area (Å²) in [5.41, 5.74) is 1.07. The van der Waals surface area contributed by atoms with Gasteiger partial charge in [-0.15, -0.1) is 0 Å². The predicted octanol–water partition coefficient (Wildman–Crippen LogP) is 0.887. The summed E-state index contributed by atoms with van der Waals surface area (Å²) in [6, 6.07) is 7.88. The van der Waals surface area contributed by atoms with Crippen molar-refractivity contribution in [2.75, 3.05) is 6.61 Å². The van der Waals surface area contributed by atoms with Crippen LogP contribution in [0.1, 0.15) is 17.7 Å². The van der Waals surface area contributed by atoms with Gasteiger partial charge in [0.1, 0.15) is 6.26 Å². The van der Waals surface area contributed by atoms with Crippen molar-refractivity contribution < 1.29 is 18.0 Å². The van der Waals surface area contributed by atoms with Gasteiger partial charge in [0.25, 0.3) is 0 Å². The molecule has 2 rings (SSSR count). The van der Waals surface area contributed by atoms with Crippen molar-refractivity contribution in [3.63, 3.8) is 0 Å². The van der Waals surface area contributed by atoms with Crippen LogP contribution in [0.3, 0.4) is 0 Å². The number of hydrogen-bond acceptors (Lipinski definition) is 5. The van der Waals surface area contributed by atoms with Gasteiger partial charge in [-0.1, -0.05) is 23.1 Å². The Hall–Kier alpha value is -2.14. The van der Waals surface area contributed by atoms with E-state index in [-0.39, 0.29) is 18.0 Å². The van der Waals surface area contributed by atoms with Crippen LogP contribution in [0.25, 0.3) is 0 Å². The van der Waals surface area contributed by atoms with E-state index in [2.05, 4.69) is 26.2 Å². The lowest BCUT2D eigenvalue weighted by Crippen LogP contribution is -2.23. The summed E-state index contributed by atoms with van der Waals surface area (Å²) in [4.78, 5) is 0.127. The maximum atomic E-state index is 12.2. The van der Waals surface area contributed by atoms with Crippen molar-refractivity contribution in [2.45, 2.75) is 17.9 Å². The van der Waals surface area contributed by atoms with Crippen molar-refractivity contribution in [2.24, 2.45) is 0 Å². The van der Waals surface area contributed by atoms with Gasteiger partial charge < -0.3 is 9.63 Å². The van der Waals surface area contributed by atoms with Crippen LogP contribution >= 0.6 is 0 Å². The first-order valence-corrected chi connectivity index (χ1v) is 7.69. The summed E-state index contributed by atoms with van der Waals surface area (Å²) in [5.74, 6) is 5.54. The van der Waals surface area contributed by atoms with E-state index in [4.69, 9.17) is 5.11 Å². The maximum absolute atomic E-state index is 12.2. The molecule has 21 heavy (non-hydrogen) atoms. The van der Waals surface area contributed by atoms with Crippen LogP contribution in [0.5, 0.6) is 0 Å². The molecule has 1 heterocycles. The lowest BCUT2D eigenvalue weighted by Gasteiger charge is -2.05. The molecule has 0 aliphatic carbocycles. The van der Waals surface area contributed by atoms with Crippen LogP contribution in [0, 0.1) is 11.8 Å². The van der Waals surface area contributed by atoms with E-state index in [0.29, 0.717) is 17.7 Å². The molecule has 0 atom stereocenters. The zero-order valence-electron chi connectivity index (χ0n) is 11.1. The van der Waals surface area contributed by atoms with Crippen molar-refractivity contribution in [3.05, 3.63) is 47.9 Å². The molecular formula is C14H14N2O4S. The van der Waals surface area contributed by atoms with E-state index < -0.39 is 10.0 Å². The van der Waals surface area contributed by atoms with Crippen LogP contribution in [0.4, 0.5) is 0 Å². The number of benzene rings is 1. The Kier molecular flexibility index (Phi) is 5.11. The minimum atomic E-state index is -3.64. The molecule has 7 heteroatoms. The first-order valence-electron chi connectivity index (χ1n) is 6.20. The number of sulfonamides is 1. The number of rotatable bonds is 5. The van der Waals surface area contributed by atoms with E-state index in [1.165, 1.54) is 18.4 Å². The smallest absolute Gasteiger partial charge is 0.240 e. The Labute approximate surface area is 122 Å². The van der Waals surface area contributed by atoms with Crippen LogP contribution in [-0.2, 0) is 16.6 Å². The van der Waals surface area contributed by atoms with Gasteiger partial charge in [-0.3, -0.25) is 0 Å². The fourth-order valence-corrected chi connectivity index (χ4v) is 2.59. The second-order valence-electron chi connectivity index (χ2n) is 4.12. The van der Waals surface area contributed by atoms with Gasteiger partial charge in [0.15, 0.2) is 0 Å². The maximum Gasteiger partial charge on any atom is 0.240 e. The quantitative estimate of drug-likeness (QED) is 0.800. The number of aromatic nitrogens is 1. The fraction of sp³-hybridized carbons (Fsp3) is 0.214. The van der Waals surface area contributed by atoms with E-state index in [1.807, 2.05) is 0 Å². The van der Waals surface area contributed by atoms with Crippen molar-refractivity contribution >= 4 is 10.0 Å². The Morgan fingerprint density at radius 1 is 1.33 bits per heavy atom. The lowest BCUT2D eigenvalue weighted by molar-refractivity contribution is 0.305. The van der Waals surface area contributed by atoms with Crippen LogP contribution in [0.15, 0.2) is 46.0 Å². The van der Waals surface area contributed by atoms with Gasteiger partial charge in [-0.25, -0.2) is 13.1 Å². The number of hydrogen-bond donors (Lipinski definition) is 2. The Bertz CT molecular complexity index is 743.